The molecule has 0 bridgehead atoms. The van der Waals surface area contributed by atoms with Gasteiger partial charge < -0.3 is 10.0 Å². The van der Waals surface area contributed by atoms with Gasteiger partial charge in [-0.15, -0.1) is 0 Å². The van der Waals surface area contributed by atoms with Crippen LogP contribution in [0.15, 0.2) is 22.7 Å². The molecule has 3 nitrogen and oxygen atoms in total. The smallest absolute Gasteiger partial charge is 0.0514 e. The second-order valence-corrected chi connectivity index (χ2v) is 6.42. The second kappa shape index (κ2) is 6.25. The van der Waals surface area contributed by atoms with Crippen molar-refractivity contribution >= 4 is 21.6 Å². The molecule has 0 saturated carbocycles. The van der Waals surface area contributed by atoms with Gasteiger partial charge in [0.1, 0.15) is 0 Å². The van der Waals surface area contributed by atoms with Crippen LogP contribution in [-0.2, 0) is 0 Å². The van der Waals surface area contributed by atoms with E-state index in [1.807, 2.05) is 0 Å². The Hall–Kier alpha value is -0.580. The summed E-state index contributed by atoms with van der Waals surface area (Å²) in [6.45, 7) is 6.63. The van der Waals surface area contributed by atoms with Gasteiger partial charge in [0.05, 0.1) is 5.69 Å². The SMILES string of the molecule is Cc1ccc(N2CC(CCO)N(C)CC2C)c(Br)c1. The molecule has 1 aromatic carbocycles. The molecule has 1 saturated heterocycles. The minimum Gasteiger partial charge on any atom is -0.396 e. The Morgan fingerprint density at radius 2 is 2.11 bits per heavy atom. The third-order valence-corrected chi connectivity index (χ3v) is 4.63. The van der Waals surface area contributed by atoms with Crippen molar-refractivity contribution < 1.29 is 5.11 Å². The molecule has 2 unspecified atom stereocenters. The number of benzene rings is 1. The van der Waals surface area contributed by atoms with Gasteiger partial charge in [-0.2, -0.15) is 0 Å². The van der Waals surface area contributed by atoms with Crippen LogP contribution in [0.2, 0.25) is 0 Å². The van der Waals surface area contributed by atoms with Crippen LogP contribution >= 0.6 is 15.9 Å². The maximum atomic E-state index is 9.20. The fourth-order valence-corrected chi connectivity index (χ4v) is 3.57. The minimum absolute atomic E-state index is 0.256. The number of piperazine rings is 1. The molecule has 0 spiro atoms. The van der Waals surface area contributed by atoms with Crippen molar-refractivity contribution in [3.8, 4) is 0 Å². The molecule has 4 heteroatoms. The number of hydrogen-bond acceptors (Lipinski definition) is 3. The Morgan fingerprint density at radius 3 is 2.74 bits per heavy atom. The first-order valence-electron chi connectivity index (χ1n) is 6.87. The third-order valence-electron chi connectivity index (χ3n) is 3.99. The Labute approximate surface area is 124 Å². The molecule has 1 fully saturated rings. The van der Waals surface area contributed by atoms with E-state index in [1.165, 1.54) is 11.3 Å². The molecule has 0 amide bonds. The Kier molecular flexibility index (Phi) is 4.87. The van der Waals surface area contributed by atoms with Crippen molar-refractivity contribution in [1.29, 1.82) is 0 Å². The van der Waals surface area contributed by atoms with Gasteiger partial charge in [-0.05, 0) is 60.9 Å². The number of aliphatic hydroxyl groups excluding tert-OH is 1. The van der Waals surface area contributed by atoms with Crippen LogP contribution in [0.5, 0.6) is 0 Å². The molecule has 106 valence electrons. The van der Waals surface area contributed by atoms with Gasteiger partial charge in [0.15, 0.2) is 0 Å². The fourth-order valence-electron chi connectivity index (χ4n) is 2.85. The average molecular weight is 327 g/mol. The molecule has 1 aliphatic rings. The van der Waals surface area contributed by atoms with E-state index in [4.69, 9.17) is 0 Å². The van der Waals surface area contributed by atoms with Crippen LogP contribution in [-0.4, -0.2) is 48.8 Å². The number of nitrogens with zero attached hydrogens (tertiary/aromatic N) is 2. The summed E-state index contributed by atoms with van der Waals surface area (Å²) in [4.78, 5) is 4.81. The Balaban J connectivity index is 2.22. The number of hydrogen-bond donors (Lipinski definition) is 1. The van der Waals surface area contributed by atoms with Crippen LogP contribution in [0, 0.1) is 6.92 Å². The van der Waals surface area contributed by atoms with E-state index in [-0.39, 0.29) is 6.61 Å². The monoisotopic (exact) mass is 326 g/mol. The van der Waals surface area contributed by atoms with E-state index < -0.39 is 0 Å². The summed E-state index contributed by atoms with van der Waals surface area (Å²) in [5.74, 6) is 0. The maximum absolute atomic E-state index is 9.20. The molecular weight excluding hydrogens is 304 g/mol. The molecule has 1 N–H and O–H groups in total. The van der Waals surface area contributed by atoms with E-state index in [9.17, 15) is 5.11 Å². The summed E-state index contributed by atoms with van der Waals surface area (Å²) in [5.41, 5.74) is 2.53. The third kappa shape index (κ3) is 3.30. The first-order chi connectivity index (χ1) is 9.02. The van der Waals surface area contributed by atoms with Gasteiger partial charge in [-0.1, -0.05) is 6.07 Å². The highest BCUT2D eigenvalue weighted by molar-refractivity contribution is 9.10. The van der Waals surface area contributed by atoms with Crippen LogP contribution in [0.4, 0.5) is 5.69 Å². The van der Waals surface area contributed by atoms with E-state index in [0.29, 0.717) is 12.1 Å². The van der Waals surface area contributed by atoms with Crippen molar-refractivity contribution in [2.24, 2.45) is 0 Å². The van der Waals surface area contributed by atoms with E-state index in [0.717, 1.165) is 24.0 Å². The standard InChI is InChI=1S/C15H23BrN2O/c1-11-4-5-15(14(16)8-11)18-10-13(6-7-19)17(3)9-12(18)2/h4-5,8,12-13,19H,6-7,9-10H2,1-3H3. The Bertz CT molecular complexity index is 438. The predicted octanol–water partition coefficient (Wildman–Crippen LogP) is 2.65. The second-order valence-electron chi connectivity index (χ2n) is 5.56. The van der Waals surface area contributed by atoms with Crippen LogP contribution in [0.25, 0.3) is 0 Å². The predicted molar refractivity (Wildman–Crippen MR) is 83.8 cm³/mol. The topological polar surface area (TPSA) is 26.7 Å². The van der Waals surface area contributed by atoms with Gasteiger partial charge in [-0.25, -0.2) is 0 Å². The van der Waals surface area contributed by atoms with Gasteiger partial charge in [-0.3, -0.25) is 4.90 Å². The summed E-state index contributed by atoms with van der Waals surface area (Å²) < 4.78 is 1.16. The highest BCUT2D eigenvalue weighted by Crippen LogP contribution is 2.31. The molecule has 0 aliphatic carbocycles. The van der Waals surface area contributed by atoms with Gasteiger partial charge in [0, 0.05) is 36.3 Å². The molecule has 1 heterocycles. The maximum Gasteiger partial charge on any atom is 0.0514 e. The number of anilines is 1. The zero-order chi connectivity index (χ0) is 14.0. The van der Waals surface area contributed by atoms with E-state index in [1.54, 1.807) is 0 Å². The molecule has 0 aromatic heterocycles. The largest absolute Gasteiger partial charge is 0.396 e. The first kappa shape index (κ1) is 14.8. The molecule has 1 aromatic rings. The summed E-state index contributed by atoms with van der Waals surface area (Å²) in [6.07, 6.45) is 0.837. The zero-order valence-corrected chi connectivity index (χ0v) is 13.5. The highest BCUT2D eigenvalue weighted by Gasteiger charge is 2.29. The number of aliphatic hydroxyl groups is 1. The summed E-state index contributed by atoms with van der Waals surface area (Å²) in [5, 5.41) is 9.20. The molecule has 2 rings (SSSR count). The summed E-state index contributed by atoms with van der Waals surface area (Å²) >= 11 is 3.68. The first-order valence-corrected chi connectivity index (χ1v) is 7.66. The van der Waals surface area contributed by atoms with Gasteiger partial charge in [0.25, 0.3) is 0 Å². The minimum atomic E-state index is 0.256. The van der Waals surface area contributed by atoms with Crippen molar-refractivity contribution in [3.05, 3.63) is 28.2 Å². The molecule has 1 aliphatic heterocycles. The lowest BCUT2D eigenvalue weighted by Gasteiger charge is -2.45. The van der Waals surface area contributed by atoms with Gasteiger partial charge in [0.2, 0.25) is 0 Å². The van der Waals surface area contributed by atoms with Crippen LogP contribution < -0.4 is 4.90 Å². The van der Waals surface area contributed by atoms with Crippen LogP contribution in [0.3, 0.4) is 0 Å². The van der Waals surface area contributed by atoms with Crippen molar-refractivity contribution in [3.63, 3.8) is 0 Å². The van der Waals surface area contributed by atoms with Crippen molar-refractivity contribution in [2.45, 2.75) is 32.4 Å². The highest BCUT2D eigenvalue weighted by atomic mass is 79.9. The number of rotatable bonds is 3. The summed E-state index contributed by atoms with van der Waals surface area (Å²) in [6, 6.07) is 7.43. The molecule has 0 radical (unpaired) electrons. The quantitative estimate of drug-likeness (QED) is 0.925. The number of likely N-dealkylation sites (N-methyl/N-ethyl adjacent to an activating group) is 1. The van der Waals surface area contributed by atoms with Crippen molar-refractivity contribution in [2.75, 3.05) is 31.6 Å². The molecular formula is C15H23BrN2O. The lowest BCUT2D eigenvalue weighted by atomic mass is 10.0. The summed E-state index contributed by atoms with van der Waals surface area (Å²) in [7, 11) is 2.15. The Morgan fingerprint density at radius 1 is 1.37 bits per heavy atom. The molecule has 19 heavy (non-hydrogen) atoms. The number of aryl methyl sites for hydroxylation is 1. The average Bonchev–Trinajstić information content (AvgIpc) is 2.34. The lowest BCUT2D eigenvalue weighted by Crippen LogP contribution is -2.56. The fraction of sp³-hybridized carbons (Fsp3) is 0.600. The van der Waals surface area contributed by atoms with Crippen molar-refractivity contribution in [1.82, 2.24) is 4.90 Å². The number of halogens is 1. The normalized spacial score (nSPS) is 24.8. The lowest BCUT2D eigenvalue weighted by molar-refractivity contribution is 0.154. The van der Waals surface area contributed by atoms with E-state index in [2.05, 4.69) is 64.8 Å². The van der Waals surface area contributed by atoms with Gasteiger partial charge >= 0.3 is 0 Å². The zero-order valence-electron chi connectivity index (χ0n) is 11.9. The van der Waals surface area contributed by atoms with Crippen LogP contribution in [0.1, 0.15) is 18.9 Å². The van der Waals surface area contributed by atoms with E-state index >= 15 is 0 Å². The molecule has 2 atom stereocenters.